The summed E-state index contributed by atoms with van der Waals surface area (Å²) in [6.45, 7) is 8.72. The van der Waals surface area contributed by atoms with Crippen molar-refractivity contribution in [3.05, 3.63) is 0 Å². The first-order valence-corrected chi connectivity index (χ1v) is 5.99. The van der Waals surface area contributed by atoms with Gasteiger partial charge in [0.05, 0.1) is 0 Å². The second kappa shape index (κ2) is 9.97. The molecule has 1 unspecified atom stereocenters. The maximum absolute atomic E-state index is 12.3. The minimum Gasteiger partial charge on any atom is -0.308 e. The van der Waals surface area contributed by atoms with E-state index in [4.69, 9.17) is 0 Å². The van der Waals surface area contributed by atoms with Crippen LogP contribution < -0.4 is 0 Å². The molecule has 1 atom stereocenters. The van der Waals surface area contributed by atoms with Crippen molar-refractivity contribution >= 4 is 0 Å². The molecule has 0 aliphatic heterocycles. The number of halogens is 2. The molecule has 0 rings (SSSR count). The number of hydrogen-bond donors (Lipinski definition) is 0. The van der Waals surface area contributed by atoms with Gasteiger partial charge in [0.2, 0.25) is 6.43 Å². The number of hydrogen-bond acceptors (Lipinski definition) is 2. The fourth-order valence-electron chi connectivity index (χ4n) is 1.42. The highest BCUT2D eigenvalue weighted by Gasteiger charge is 2.21. The molecular weight excluding hydrogens is 210 g/mol. The molecule has 0 saturated carbocycles. The molecule has 0 saturated heterocycles. The van der Waals surface area contributed by atoms with E-state index >= 15 is 0 Å². The van der Waals surface area contributed by atoms with Gasteiger partial charge in [0.25, 0.3) is 0 Å². The normalized spacial score (nSPS) is 13.3. The van der Waals surface area contributed by atoms with Crippen LogP contribution in [0, 0.1) is 0 Å². The second-order valence-electron chi connectivity index (χ2n) is 4.30. The summed E-state index contributed by atoms with van der Waals surface area (Å²) in [5.74, 6) is 0. The monoisotopic (exact) mass is 238 g/mol. The zero-order chi connectivity index (χ0) is 13.3. The molecule has 4 heteroatoms. The van der Waals surface area contributed by atoms with Crippen molar-refractivity contribution in [3.8, 4) is 0 Å². The van der Waals surface area contributed by atoms with Gasteiger partial charge < -0.3 is 4.90 Å². The van der Waals surface area contributed by atoms with Crippen LogP contribution in [0.25, 0.3) is 0 Å². The topological polar surface area (TPSA) is 6.48 Å². The predicted molar refractivity (Wildman–Crippen MR) is 67.2 cm³/mol. The highest BCUT2D eigenvalue weighted by atomic mass is 19.3. The fourth-order valence-corrected chi connectivity index (χ4v) is 1.42. The van der Waals surface area contributed by atoms with Crippen molar-refractivity contribution < 1.29 is 8.78 Å². The number of rotatable bonds is 6. The van der Waals surface area contributed by atoms with Crippen LogP contribution in [-0.4, -0.2) is 56.0 Å². The molecule has 0 fully saturated rings. The van der Waals surface area contributed by atoms with E-state index in [9.17, 15) is 8.78 Å². The largest absolute Gasteiger partial charge is 0.308 e. The van der Waals surface area contributed by atoms with Gasteiger partial charge in [-0.3, -0.25) is 4.90 Å². The molecule has 2 nitrogen and oxygen atoms in total. The average molecular weight is 238 g/mol. The molecule has 0 N–H and O–H groups in total. The van der Waals surface area contributed by atoms with Crippen molar-refractivity contribution in [2.75, 3.05) is 27.7 Å². The third kappa shape index (κ3) is 9.04. The van der Waals surface area contributed by atoms with Crippen LogP contribution in [0.1, 0.15) is 34.1 Å². The maximum Gasteiger partial charge on any atom is 0.240 e. The van der Waals surface area contributed by atoms with Crippen LogP contribution >= 0.6 is 0 Å². The first kappa shape index (κ1) is 18.2. The van der Waals surface area contributed by atoms with Gasteiger partial charge in [0.15, 0.2) is 0 Å². The summed E-state index contributed by atoms with van der Waals surface area (Å²) in [5, 5.41) is 0. The summed E-state index contributed by atoms with van der Waals surface area (Å²) < 4.78 is 24.6. The van der Waals surface area contributed by atoms with Crippen molar-refractivity contribution in [3.63, 3.8) is 0 Å². The zero-order valence-corrected chi connectivity index (χ0v) is 11.8. The molecule has 0 heterocycles. The minimum atomic E-state index is -2.22. The van der Waals surface area contributed by atoms with Gasteiger partial charge in [-0.1, -0.05) is 13.8 Å². The van der Waals surface area contributed by atoms with Crippen LogP contribution in [0.15, 0.2) is 0 Å². The van der Waals surface area contributed by atoms with E-state index < -0.39 is 6.43 Å². The van der Waals surface area contributed by atoms with E-state index in [1.54, 1.807) is 0 Å². The number of nitrogens with zero attached hydrogens (tertiary/aromatic N) is 2. The summed E-state index contributed by atoms with van der Waals surface area (Å²) in [4.78, 5) is 3.96. The van der Waals surface area contributed by atoms with E-state index in [-0.39, 0.29) is 12.5 Å². The lowest BCUT2D eigenvalue weighted by atomic mass is 10.1. The van der Waals surface area contributed by atoms with Gasteiger partial charge in [-0.15, -0.1) is 0 Å². The lowest BCUT2D eigenvalue weighted by Gasteiger charge is -2.33. The molecule has 0 aliphatic rings. The average Bonchev–Trinajstić information content (AvgIpc) is 2.17. The fraction of sp³-hybridized carbons (Fsp3) is 1.00. The Hall–Kier alpha value is -0.220. The summed E-state index contributed by atoms with van der Waals surface area (Å²) >= 11 is 0. The van der Waals surface area contributed by atoms with Crippen LogP contribution in [-0.2, 0) is 0 Å². The van der Waals surface area contributed by atoms with E-state index in [1.165, 1.54) is 0 Å². The van der Waals surface area contributed by atoms with E-state index in [1.807, 2.05) is 58.6 Å². The van der Waals surface area contributed by atoms with E-state index in [0.717, 1.165) is 0 Å². The molecular formula is C12H28F2N2. The van der Waals surface area contributed by atoms with Crippen LogP contribution in [0.4, 0.5) is 8.78 Å². The van der Waals surface area contributed by atoms with Crippen molar-refractivity contribution in [1.29, 1.82) is 0 Å². The van der Waals surface area contributed by atoms with Crippen molar-refractivity contribution in [2.24, 2.45) is 0 Å². The standard InChI is InChI=1S/C10H22F2N2.C2H6/c1-8(2)14(5)9(6-10(11)12)7-13(3)4;1-2/h8-10H,6-7H2,1-5H3;1-2H3. The molecule has 0 aromatic heterocycles. The smallest absolute Gasteiger partial charge is 0.240 e. The van der Waals surface area contributed by atoms with Crippen LogP contribution in [0.2, 0.25) is 0 Å². The summed E-state index contributed by atoms with van der Waals surface area (Å²) in [5.41, 5.74) is 0. The van der Waals surface area contributed by atoms with Crippen LogP contribution in [0.5, 0.6) is 0 Å². The SMILES string of the molecule is CC.CC(C)N(C)C(CC(F)F)CN(C)C. The lowest BCUT2D eigenvalue weighted by molar-refractivity contribution is 0.0680. The van der Waals surface area contributed by atoms with Gasteiger partial charge in [-0.05, 0) is 35.0 Å². The van der Waals surface area contributed by atoms with Gasteiger partial charge >= 0.3 is 0 Å². The Kier molecular flexibility index (Phi) is 11.3. The predicted octanol–water partition coefficient (Wildman–Crippen LogP) is 2.94. The molecule has 0 aromatic carbocycles. The van der Waals surface area contributed by atoms with Gasteiger partial charge in [-0.2, -0.15) is 0 Å². The Morgan fingerprint density at radius 1 is 1.00 bits per heavy atom. The quantitative estimate of drug-likeness (QED) is 0.702. The van der Waals surface area contributed by atoms with E-state index in [2.05, 4.69) is 0 Å². The third-order valence-corrected chi connectivity index (χ3v) is 2.42. The Morgan fingerprint density at radius 2 is 1.44 bits per heavy atom. The Morgan fingerprint density at radius 3 is 1.69 bits per heavy atom. The Bertz CT molecular complexity index is 140. The number of likely N-dealkylation sites (N-methyl/N-ethyl adjacent to an activating group) is 2. The minimum absolute atomic E-state index is 0.0488. The molecule has 100 valence electrons. The molecule has 0 bridgehead atoms. The van der Waals surface area contributed by atoms with Gasteiger partial charge in [0, 0.05) is 25.0 Å². The third-order valence-electron chi connectivity index (χ3n) is 2.42. The molecule has 16 heavy (non-hydrogen) atoms. The summed E-state index contributed by atoms with van der Waals surface area (Å²) in [6.07, 6.45) is -2.27. The highest BCUT2D eigenvalue weighted by Crippen LogP contribution is 2.12. The van der Waals surface area contributed by atoms with Crippen LogP contribution in [0.3, 0.4) is 0 Å². The van der Waals surface area contributed by atoms with Crippen molar-refractivity contribution in [1.82, 2.24) is 9.80 Å². The summed E-state index contributed by atoms with van der Waals surface area (Å²) in [6, 6.07) is 0.240. The molecule has 0 radical (unpaired) electrons. The Balaban J connectivity index is 0. The first-order chi connectivity index (χ1) is 7.34. The zero-order valence-electron chi connectivity index (χ0n) is 11.8. The Labute approximate surface area is 99.6 Å². The highest BCUT2D eigenvalue weighted by molar-refractivity contribution is 4.74. The molecule has 0 aromatic rings. The summed E-state index contributed by atoms with van der Waals surface area (Å²) in [7, 11) is 5.72. The van der Waals surface area contributed by atoms with Crippen molar-refractivity contribution in [2.45, 2.75) is 52.6 Å². The lowest BCUT2D eigenvalue weighted by Crippen LogP contribution is -2.44. The van der Waals surface area contributed by atoms with E-state index in [0.29, 0.717) is 12.6 Å². The molecule has 0 amide bonds. The first-order valence-electron chi connectivity index (χ1n) is 5.99. The second-order valence-corrected chi connectivity index (χ2v) is 4.30. The molecule has 0 aliphatic carbocycles. The molecule has 0 spiro atoms. The maximum atomic E-state index is 12.3. The van der Waals surface area contributed by atoms with Gasteiger partial charge in [0.1, 0.15) is 0 Å². The number of alkyl halides is 2. The van der Waals surface area contributed by atoms with Gasteiger partial charge in [-0.25, -0.2) is 8.78 Å².